The van der Waals surface area contributed by atoms with Crippen LogP contribution in [0.4, 0.5) is 0 Å². The summed E-state index contributed by atoms with van der Waals surface area (Å²) < 4.78 is 0. The monoisotopic (exact) mass is 274 g/mol. The molecule has 1 heterocycles. The Morgan fingerprint density at radius 1 is 1.32 bits per heavy atom. The van der Waals surface area contributed by atoms with Gasteiger partial charge in [0.05, 0.1) is 4.91 Å². The van der Waals surface area contributed by atoms with Crippen LogP contribution >= 0.6 is 11.8 Å². The number of hydrogen-bond acceptors (Lipinski definition) is 3. The topological polar surface area (TPSA) is 32.7 Å². The molecular formula is C15H18N2OS. The number of amidine groups is 1. The number of benzene rings is 1. The predicted octanol–water partition coefficient (Wildman–Crippen LogP) is 3.31. The maximum Gasteiger partial charge on any atom is 0.266 e. The molecule has 0 radical (unpaired) electrons. The van der Waals surface area contributed by atoms with Crippen molar-refractivity contribution in [1.29, 1.82) is 0 Å². The molecule has 19 heavy (non-hydrogen) atoms. The maximum absolute atomic E-state index is 12.3. The Balaban J connectivity index is 2.34. The molecule has 0 atom stereocenters. The van der Waals surface area contributed by atoms with Gasteiger partial charge >= 0.3 is 0 Å². The number of carbonyl (C=O) groups excluding carboxylic acids is 1. The molecule has 0 aromatic heterocycles. The second-order valence-corrected chi connectivity index (χ2v) is 5.28. The van der Waals surface area contributed by atoms with Crippen LogP contribution in [0.15, 0.2) is 34.2 Å². The van der Waals surface area contributed by atoms with Crippen molar-refractivity contribution in [3.63, 3.8) is 0 Å². The largest absolute Gasteiger partial charge is 0.287 e. The van der Waals surface area contributed by atoms with Crippen LogP contribution in [0.2, 0.25) is 0 Å². The molecule has 0 N–H and O–H groups in total. The minimum atomic E-state index is 0.0583. The fourth-order valence-electron chi connectivity index (χ4n) is 1.93. The van der Waals surface area contributed by atoms with Crippen molar-refractivity contribution in [2.24, 2.45) is 4.99 Å². The molecule has 1 amide bonds. The van der Waals surface area contributed by atoms with Crippen molar-refractivity contribution in [2.75, 3.05) is 13.1 Å². The molecule has 0 bridgehead atoms. The molecule has 3 nitrogen and oxygen atoms in total. The Morgan fingerprint density at radius 3 is 2.68 bits per heavy atom. The number of nitrogens with zero attached hydrogens (tertiary/aromatic N) is 2. The van der Waals surface area contributed by atoms with Crippen molar-refractivity contribution in [1.82, 2.24) is 4.90 Å². The molecule has 1 aromatic rings. The quantitative estimate of drug-likeness (QED) is 0.792. The molecule has 1 aliphatic heterocycles. The molecule has 1 aromatic carbocycles. The summed E-state index contributed by atoms with van der Waals surface area (Å²) in [4.78, 5) is 19.2. The highest BCUT2D eigenvalue weighted by Crippen LogP contribution is 2.32. The minimum absolute atomic E-state index is 0.0583. The van der Waals surface area contributed by atoms with Gasteiger partial charge in [0, 0.05) is 13.1 Å². The van der Waals surface area contributed by atoms with E-state index in [0.717, 1.165) is 15.6 Å². The highest BCUT2D eigenvalue weighted by Gasteiger charge is 2.31. The molecule has 0 spiro atoms. The van der Waals surface area contributed by atoms with Crippen molar-refractivity contribution in [3.05, 3.63) is 40.3 Å². The van der Waals surface area contributed by atoms with Crippen LogP contribution in [0.5, 0.6) is 0 Å². The molecule has 1 fully saturated rings. The summed E-state index contributed by atoms with van der Waals surface area (Å²) in [6.07, 6.45) is 1.96. The van der Waals surface area contributed by atoms with Gasteiger partial charge in [-0.1, -0.05) is 24.3 Å². The predicted molar refractivity (Wildman–Crippen MR) is 82.1 cm³/mol. The number of rotatable bonds is 3. The second kappa shape index (κ2) is 6.06. The first-order valence-corrected chi connectivity index (χ1v) is 7.30. The van der Waals surface area contributed by atoms with Gasteiger partial charge < -0.3 is 0 Å². The average molecular weight is 274 g/mol. The lowest BCUT2D eigenvalue weighted by Crippen LogP contribution is -2.28. The van der Waals surface area contributed by atoms with Gasteiger partial charge in [-0.3, -0.25) is 14.7 Å². The zero-order valence-electron chi connectivity index (χ0n) is 11.5. The molecule has 100 valence electrons. The first-order chi connectivity index (χ1) is 9.17. The lowest BCUT2D eigenvalue weighted by Gasteiger charge is -2.11. The van der Waals surface area contributed by atoms with Crippen molar-refractivity contribution < 1.29 is 4.79 Å². The van der Waals surface area contributed by atoms with Gasteiger partial charge in [0.15, 0.2) is 5.17 Å². The van der Waals surface area contributed by atoms with Gasteiger partial charge in [0.25, 0.3) is 5.91 Å². The van der Waals surface area contributed by atoms with E-state index in [1.54, 1.807) is 4.90 Å². The molecule has 0 unspecified atom stereocenters. The summed E-state index contributed by atoms with van der Waals surface area (Å²) in [5.74, 6) is 0.0583. The zero-order valence-corrected chi connectivity index (χ0v) is 12.3. The van der Waals surface area contributed by atoms with E-state index in [0.29, 0.717) is 13.1 Å². The van der Waals surface area contributed by atoms with Crippen LogP contribution in [0.25, 0.3) is 6.08 Å². The van der Waals surface area contributed by atoms with Crippen molar-refractivity contribution in [3.8, 4) is 0 Å². The number of amides is 1. The van der Waals surface area contributed by atoms with Gasteiger partial charge in [0.1, 0.15) is 0 Å². The summed E-state index contributed by atoms with van der Waals surface area (Å²) >= 11 is 1.47. The molecule has 0 saturated carbocycles. The molecule has 4 heteroatoms. The summed E-state index contributed by atoms with van der Waals surface area (Å²) in [5, 5.41) is 0.815. The van der Waals surface area contributed by atoms with E-state index in [2.05, 4.69) is 18.0 Å². The summed E-state index contributed by atoms with van der Waals surface area (Å²) in [7, 11) is 0. The van der Waals surface area contributed by atoms with E-state index < -0.39 is 0 Å². The molecule has 1 aliphatic rings. The van der Waals surface area contributed by atoms with Crippen LogP contribution in [-0.4, -0.2) is 29.1 Å². The van der Waals surface area contributed by atoms with E-state index >= 15 is 0 Å². The minimum Gasteiger partial charge on any atom is -0.287 e. The Bertz CT molecular complexity index is 549. The normalized spacial score (nSPS) is 19.7. The first-order valence-electron chi connectivity index (χ1n) is 6.48. The third-order valence-electron chi connectivity index (χ3n) is 2.97. The Morgan fingerprint density at radius 2 is 2.05 bits per heavy atom. The van der Waals surface area contributed by atoms with Crippen molar-refractivity contribution in [2.45, 2.75) is 20.8 Å². The molecule has 0 aliphatic carbocycles. The van der Waals surface area contributed by atoms with E-state index in [9.17, 15) is 4.79 Å². The highest BCUT2D eigenvalue weighted by molar-refractivity contribution is 8.18. The SMILES string of the molecule is CCN=C1S/C(=C/c2ccccc2C)C(=O)N1CC. The third-order valence-corrected chi connectivity index (χ3v) is 4.02. The Kier molecular flexibility index (Phi) is 4.43. The van der Waals surface area contributed by atoms with Gasteiger partial charge in [-0.25, -0.2) is 0 Å². The van der Waals surface area contributed by atoms with E-state index in [-0.39, 0.29) is 5.91 Å². The third kappa shape index (κ3) is 2.89. The van der Waals surface area contributed by atoms with E-state index in [1.165, 1.54) is 17.3 Å². The number of hydrogen-bond donors (Lipinski definition) is 0. The lowest BCUT2D eigenvalue weighted by molar-refractivity contribution is -0.122. The van der Waals surface area contributed by atoms with Crippen LogP contribution in [0, 0.1) is 6.92 Å². The molecular weight excluding hydrogens is 256 g/mol. The Hall–Kier alpha value is -1.55. The number of aliphatic imine (C=N–C) groups is 1. The summed E-state index contributed by atoms with van der Waals surface area (Å²) in [5.41, 5.74) is 2.26. The Labute approximate surface area is 118 Å². The number of thioether (sulfide) groups is 1. The van der Waals surface area contributed by atoms with Gasteiger partial charge in [-0.05, 0) is 49.7 Å². The highest BCUT2D eigenvalue weighted by atomic mass is 32.2. The first kappa shape index (κ1) is 13.9. The number of likely N-dealkylation sites (N-methyl/N-ethyl adjacent to an activating group) is 1. The smallest absolute Gasteiger partial charge is 0.266 e. The van der Waals surface area contributed by atoms with E-state index in [4.69, 9.17) is 0 Å². The van der Waals surface area contributed by atoms with Crippen LogP contribution in [0.1, 0.15) is 25.0 Å². The summed E-state index contributed by atoms with van der Waals surface area (Å²) in [6.45, 7) is 7.37. The maximum atomic E-state index is 12.3. The zero-order chi connectivity index (χ0) is 13.8. The van der Waals surface area contributed by atoms with E-state index in [1.807, 2.05) is 38.1 Å². The number of aryl methyl sites for hydroxylation is 1. The van der Waals surface area contributed by atoms with Crippen LogP contribution in [-0.2, 0) is 4.79 Å². The fourth-order valence-corrected chi connectivity index (χ4v) is 3.03. The average Bonchev–Trinajstić information content (AvgIpc) is 2.69. The van der Waals surface area contributed by atoms with Crippen LogP contribution < -0.4 is 0 Å². The lowest BCUT2D eigenvalue weighted by atomic mass is 10.1. The van der Waals surface area contributed by atoms with Gasteiger partial charge in [-0.2, -0.15) is 0 Å². The number of carbonyl (C=O) groups is 1. The molecule has 1 saturated heterocycles. The van der Waals surface area contributed by atoms with Gasteiger partial charge in [-0.15, -0.1) is 0 Å². The fraction of sp³-hybridized carbons (Fsp3) is 0.333. The van der Waals surface area contributed by atoms with Crippen molar-refractivity contribution >= 4 is 28.9 Å². The second-order valence-electron chi connectivity index (χ2n) is 4.27. The van der Waals surface area contributed by atoms with Crippen LogP contribution in [0.3, 0.4) is 0 Å². The standard InChI is InChI=1S/C15H18N2OS/c1-4-16-15-17(5-2)14(18)13(19-15)10-12-9-7-6-8-11(12)3/h6-10H,4-5H2,1-3H3/b13-10+,16-15?. The van der Waals surface area contributed by atoms with Gasteiger partial charge in [0.2, 0.25) is 0 Å². The summed E-state index contributed by atoms with van der Waals surface area (Å²) in [6, 6.07) is 8.07. The molecule has 2 rings (SSSR count).